The number of hydrogen-bond acceptors (Lipinski definition) is 4. The van der Waals surface area contributed by atoms with Gasteiger partial charge in [0.2, 0.25) is 5.22 Å². The Morgan fingerprint density at radius 1 is 1.45 bits per heavy atom. The largest absolute Gasteiger partial charge is 0.452 e. The number of nitrogens with zero attached hydrogens (tertiary/aromatic N) is 1. The van der Waals surface area contributed by atoms with Crippen molar-refractivity contribution in [1.82, 2.24) is 0 Å². The van der Waals surface area contributed by atoms with Crippen LogP contribution in [0.2, 0.25) is 5.22 Å². The molecule has 0 fully saturated rings. The SMILES string of the molecule is CCc1ccc(NC(=O)c2ccoc2Cl)cc1[N+](=O)[O-]. The summed E-state index contributed by atoms with van der Waals surface area (Å²) in [5, 5.41) is 13.5. The predicted octanol–water partition coefficient (Wildman–Crippen LogP) is 3.66. The Morgan fingerprint density at radius 2 is 2.20 bits per heavy atom. The molecule has 1 N–H and O–H groups in total. The first kappa shape index (κ1) is 14.1. The second kappa shape index (κ2) is 5.75. The van der Waals surface area contributed by atoms with Crippen LogP contribution in [0.15, 0.2) is 34.9 Å². The number of nitro benzene ring substituents is 1. The van der Waals surface area contributed by atoms with E-state index in [1.807, 2.05) is 6.92 Å². The Hall–Kier alpha value is -2.34. The highest BCUT2D eigenvalue weighted by molar-refractivity contribution is 6.32. The summed E-state index contributed by atoms with van der Waals surface area (Å²) in [7, 11) is 0. The van der Waals surface area contributed by atoms with E-state index in [1.165, 1.54) is 18.4 Å². The molecule has 1 aromatic carbocycles. The highest BCUT2D eigenvalue weighted by atomic mass is 35.5. The number of nitro groups is 1. The average molecular weight is 295 g/mol. The summed E-state index contributed by atoms with van der Waals surface area (Å²) in [4.78, 5) is 22.4. The number of anilines is 1. The van der Waals surface area contributed by atoms with Crippen molar-refractivity contribution in [1.29, 1.82) is 0 Å². The van der Waals surface area contributed by atoms with Crippen LogP contribution in [-0.2, 0) is 6.42 Å². The van der Waals surface area contributed by atoms with Gasteiger partial charge in [-0.15, -0.1) is 0 Å². The summed E-state index contributed by atoms with van der Waals surface area (Å²) in [6.45, 7) is 1.83. The molecule has 0 saturated carbocycles. The first-order valence-corrected chi connectivity index (χ1v) is 6.22. The van der Waals surface area contributed by atoms with Gasteiger partial charge in [0.05, 0.1) is 16.7 Å². The number of furan rings is 1. The summed E-state index contributed by atoms with van der Waals surface area (Å²) in [5.74, 6) is -0.484. The number of carbonyl (C=O) groups excluding carboxylic acids is 1. The van der Waals surface area contributed by atoms with E-state index >= 15 is 0 Å². The maximum absolute atomic E-state index is 11.9. The van der Waals surface area contributed by atoms with Crippen LogP contribution in [0.4, 0.5) is 11.4 Å². The highest BCUT2D eigenvalue weighted by Gasteiger charge is 2.16. The Bertz CT molecular complexity index is 666. The molecule has 2 aromatic rings. The molecule has 1 aromatic heterocycles. The molecule has 20 heavy (non-hydrogen) atoms. The molecule has 0 aliphatic heterocycles. The van der Waals surface area contributed by atoms with E-state index in [-0.39, 0.29) is 16.5 Å². The standard InChI is InChI=1S/C13H11ClN2O4/c1-2-8-3-4-9(7-11(8)16(18)19)15-13(17)10-5-6-20-12(10)14/h3-7H,2H2,1H3,(H,15,17). The fraction of sp³-hybridized carbons (Fsp3) is 0.154. The van der Waals surface area contributed by atoms with Gasteiger partial charge in [-0.05, 0) is 30.2 Å². The van der Waals surface area contributed by atoms with Gasteiger partial charge in [0, 0.05) is 17.3 Å². The van der Waals surface area contributed by atoms with Crippen LogP contribution in [0, 0.1) is 10.1 Å². The summed E-state index contributed by atoms with van der Waals surface area (Å²) < 4.78 is 4.82. The third kappa shape index (κ3) is 2.80. The van der Waals surface area contributed by atoms with Gasteiger partial charge in [-0.1, -0.05) is 13.0 Å². The maximum atomic E-state index is 11.9. The summed E-state index contributed by atoms with van der Waals surface area (Å²) in [6, 6.07) is 5.97. The first-order chi connectivity index (χ1) is 9.52. The van der Waals surface area contributed by atoms with Crippen molar-refractivity contribution in [3.63, 3.8) is 0 Å². The number of carbonyl (C=O) groups is 1. The third-order valence-electron chi connectivity index (χ3n) is 2.78. The van der Waals surface area contributed by atoms with Crippen molar-refractivity contribution in [3.8, 4) is 0 Å². The molecule has 0 bridgehead atoms. The second-order valence-corrected chi connectivity index (χ2v) is 4.36. The lowest BCUT2D eigenvalue weighted by molar-refractivity contribution is -0.385. The van der Waals surface area contributed by atoms with E-state index in [0.29, 0.717) is 17.7 Å². The topological polar surface area (TPSA) is 85.4 Å². The smallest absolute Gasteiger partial charge is 0.274 e. The Kier molecular flexibility index (Phi) is 4.05. The number of benzene rings is 1. The van der Waals surface area contributed by atoms with E-state index < -0.39 is 10.8 Å². The van der Waals surface area contributed by atoms with Crippen molar-refractivity contribution < 1.29 is 14.1 Å². The molecule has 6 nitrogen and oxygen atoms in total. The van der Waals surface area contributed by atoms with Gasteiger partial charge in [0.25, 0.3) is 11.6 Å². The van der Waals surface area contributed by atoms with E-state index in [2.05, 4.69) is 5.32 Å². The van der Waals surface area contributed by atoms with Crippen molar-refractivity contribution in [2.75, 3.05) is 5.32 Å². The van der Waals surface area contributed by atoms with Gasteiger partial charge in [-0.25, -0.2) is 0 Å². The molecular weight excluding hydrogens is 284 g/mol. The average Bonchev–Trinajstić information content (AvgIpc) is 2.85. The van der Waals surface area contributed by atoms with Crippen molar-refractivity contribution in [2.45, 2.75) is 13.3 Å². The second-order valence-electron chi connectivity index (χ2n) is 4.02. The van der Waals surface area contributed by atoms with Crippen LogP contribution >= 0.6 is 11.6 Å². The molecular formula is C13H11ClN2O4. The lowest BCUT2D eigenvalue weighted by atomic mass is 10.1. The fourth-order valence-electron chi connectivity index (χ4n) is 1.76. The molecule has 1 amide bonds. The quantitative estimate of drug-likeness (QED) is 0.689. The maximum Gasteiger partial charge on any atom is 0.274 e. The number of aryl methyl sites for hydroxylation is 1. The molecule has 0 spiro atoms. The Balaban J connectivity index is 2.26. The van der Waals surface area contributed by atoms with Crippen LogP contribution in [0.3, 0.4) is 0 Å². The summed E-state index contributed by atoms with van der Waals surface area (Å²) >= 11 is 5.69. The lowest BCUT2D eigenvalue weighted by Crippen LogP contribution is -2.11. The van der Waals surface area contributed by atoms with Crippen LogP contribution in [0.25, 0.3) is 0 Å². The van der Waals surface area contributed by atoms with Crippen LogP contribution in [0.1, 0.15) is 22.8 Å². The van der Waals surface area contributed by atoms with Crippen LogP contribution in [-0.4, -0.2) is 10.8 Å². The molecule has 1 heterocycles. The first-order valence-electron chi connectivity index (χ1n) is 5.84. The molecule has 0 unspecified atom stereocenters. The molecule has 104 valence electrons. The van der Waals surface area contributed by atoms with Gasteiger partial charge in [-0.3, -0.25) is 14.9 Å². The zero-order valence-corrected chi connectivity index (χ0v) is 11.3. The monoisotopic (exact) mass is 294 g/mol. The Labute approximate surface area is 119 Å². The van der Waals surface area contributed by atoms with Crippen LogP contribution in [0.5, 0.6) is 0 Å². The highest BCUT2D eigenvalue weighted by Crippen LogP contribution is 2.25. The molecule has 0 saturated heterocycles. The van der Waals surface area contributed by atoms with Gasteiger partial charge in [0.1, 0.15) is 0 Å². The third-order valence-corrected chi connectivity index (χ3v) is 3.08. The van der Waals surface area contributed by atoms with E-state index in [9.17, 15) is 14.9 Å². The zero-order valence-electron chi connectivity index (χ0n) is 10.6. The van der Waals surface area contributed by atoms with Crippen molar-refractivity contribution in [2.24, 2.45) is 0 Å². The zero-order chi connectivity index (χ0) is 14.7. The molecule has 0 aliphatic rings. The van der Waals surface area contributed by atoms with Crippen LogP contribution < -0.4 is 5.32 Å². The number of nitrogens with one attached hydrogen (secondary N) is 1. The summed E-state index contributed by atoms with van der Waals surface area (Å²) in [6.07, 6.45) is 1.83. The minimum Gasteiger partial charge on any atom is -0.452 e. The molecule has 7 heteroatoms. The number of halogens is 1. The minimum atomic E-state index is -0.484. The number of amides is 1. The van der Waals surface area contributed by atoms with Gasteiger partial charge < -0.3 is 9.73 Å². The normalized spacial score (nSPS) is 10.3. The number of hydrogen-bond donors (Lipinski definition) is 1. The minimum absolute atomic E-state index is 0.0245. The number of rotatable bonds is 4. The van der Waals surface area contributed by atoms with Gasteiger partial charge in [-0.2, -0.15) is 0 Å². The van der Waals surface area contributed by atoms with Crippen molar-refractivity contribution in [3.05, 3.63) is 57.0 Å². The molecule has 0 radical (unpaired) electrons. The molecule has 0 atom stereocenters. The predicted molar refractivity (Wildman–Crippen MR) is 74.1 cm³/mol. The van der Waals surface area contributed by atoms with E-state index in [0.717, 1.165) is 0 Å². The van der Waals surface area contributed by atoms with Crippen molar-refractivity contribution >= 4 is 28.9 Å². The summed E-state index contributed by atoms with van der Waals surface area (Å²) in [5.41, 5.74) is 1.09. The Morgan fingerprint density at radius 3 is 2.75 bits per heavy atom. The van der Waals surface area contributed by atoms with E-state index in [1.54, 1.807) is 12.1 Å². The fourth-order valence-corrected chi connectivity index (χ4v) is 1.96. The van der Waals surface area contributed by atoms with Gasteiger partial charge >= 0.3 is 0 Å². The molecule has 2 rings (SSSR count). The van der Waals surface area contributed by atoms with E-state index in [4.69, 9.17) is 16.0 Å². The van der Waals surface area contributed by atoms with Gasteiger partial charge in [0.15, 0.2) is 0 Å². The lowest BCUT2D eigenvalue weighted by Gasteiger charge is -2.06. The molecule has 0 aliphatic carbocycles.